The highest BCUT2D eigenvalue weighted by Crippen LogP contribution is 2.40. The van der Waals surface area contributed by atoms with E-state index >= 15 is 0 Å². The largest absolute Gasteiger partial charge is 0.468 e. The third kappa shape index (κ3) is 2.95. The van der Waals surface area contributed by atoms with Crippen LogP contribution in [0.15, 0.2) is 24.3 Å². The normalized spacial score (nSPS) is 28.5. The molecule has 2 heterocycles. The lowest BCUT2D eigenvalue weighted by Gasteiger charge is -2.33. The molecule has 1 amide bonds. The molecule has 1 aromatic carbocycles. The van der Waals surface area contributed by atoms with Gasteiger partial charge in [-0.3, -0.25) is 14.5 Å². The van der Waals surface area contributed by atoms with Crippen LogP contribution < -0.4 is 4.90 Å². The molecule has 0 aromatic heterocycles. The summed E-state index contributed by atoms with van der Waals surface area (Å²) in [6, 6.07) is 8.19. The Kier molecular flexibility index (Phi) is 4.50. The van der Waals surface area contributed by atoms with Crippen LogP contribution in [0.2, 0.25) is 0 Å². The van der Waals surface area contributed by atoms with E-state index in [0.717, 1.165) is 37.9 Å². The summed E-state index contributed by atoms with van der Waals surface area (Å²) < 4.78 is 5.03. The summed E-state index contributed by atoms with van der Waals surface area (Å²) in [5.41, 5.74) is 2.26. The Morgan fingerprint density at radius 2 is 2.00 bits per heavy atom. The quantitative estimate of drug-likeness (QED) is 0.792. The molecule has 0 bridgehead atoms. The van der Waals surface area contributed by atoms with Gasteiger partial charge in [-0.2, -0.15) is 0 Å². The first-order valence-corrected chi connectivity index (χ1v) is 9.41. The molecule has 1 aromatic rings. The van der Waals surface area contributed by atoms with Crippen molar-refractivity contribution >= 4 is 17.6 Å². The summed E-state index contributed by atoms with van der Waals surface area (Å²) in [7, 11) is 1.45. The molecule has 0 unspecified atom stereocenters. The predicted octanol–water partition coefficient (Wildman–Crippen LogP) is 2.38. The maximum Gasteiger partial charge on any atom is 0.323 e. The Hall–Kier alpha value is -1.88. The molecule has 2 aliphatic heterocycles. The SMILES string of the molecule is COC(=O)[C@@H]1C[C@@H]2CCCC[C@H]2N1CC(=O)N1CCc2ccccc21. The van der Waals surface area contributed by atoms with Gasteiger partial charge in [-0.15, -0.1) is 0 Å². The molecule has 2 fully saturated rings. The van der Waals surface area contributed by atoms with E-state index in [-0.39, 0.29) is 17.9 Å². The van der Waals surface area contributed by atoms with Gasteiger partial charge < -0.3 is 9.64 Å². The van der Waals surface area contributed by atoms with Crippen molar-refractivity contribution in [2.75, 3.05) is 25.1 Å². The van der Waals surface area contributed by atoms with Crippen LogP contribution in [0.5, 0.6) is 0 Å². The molecular weight excluding hydrogens is 316 g/mol. The summed E-state index contributed by atoms with van der Waals surface area (Å²) in [4.78, 5) is 29.3. The van der Waals surface area contributed by atoms with Crippen molar-refractivity contribution in [2.45, 2.75) is 50.6 Å². The minimum Gasteiger partial charge on any atom is -0.468 e. The van der Waals surface area contributed by atoms with Gasteiger partial charge in [0.15, 0.2) is 0 Å². The molecule has 0 spiro atoms. The molecule has 3 atom stereocenters. The number of nitrogens with zero attached hydrogens (tertiary/aromatic N) is 2. The molecule has 5 nitrogen and oxygen atoms in total. The molecule has 3 aliphatic rings. The van der Waals surface area contributed by atoms with E-state index in [1.807, 2.05) is 23.1 Å². The summed E-state index contributed by atoms with van der Waals surface area (Å²) in [5.74, 6) is 0.436. The van der Waals surface area contributed by atoms with Crippen LogP contribution in [0, 0.1) is 5.92 Å². The van der Waals surface area contributed by atoms with Crippen molar-refractivity contribution in [1.82, 2.24) is 4.90 Å². The standard InChI is InChI=1S/C20H26N2O3/c1-25-20(24)18-12-15-7-3-5-9-17(15)22(18)13-19(23)21-11-10-14-6-2-4-8-16(14)21/h2,4,6,8,15,17-18H,3,5,7,9-13H2,1H3/t15-,17+,18-/m0/s1. The van der Waals surface area contributed by atoms with E-state index in [9.17, 15) is 9.59 Å². The Morgan fingerprint density at radius 1 is 1.20 bits per heavy atom. The monoisotopic (exact) mass is 342 g/mol. The van der Waals surface area contributed by atoms with Gasteiger partial charge in [-0.05, 0) is 43.2 Å². The van der Waals surface area contributed by atoms with E-state index in [1.54, 1.807) is 0 Å². The first-order valence-electron chi connectivity index (χ1n) is 9.41. The van der Waals surface area contributed by atoms with Gasteiger partial charge in [0.05, 0.1) is 13.7 Å². The minimum absolute atomic E-state index is 0.102. The first kappa shape index (κ1) is 16.6. The summed E-state index contributed by atoms with van der Waals surface area (Å²) in [5, 5.41) is 0. The average molecular weight is 342 g/mol. The van der Waals surface area contributed by atoms with Crippen molar-refractivity contribution in [3.63, 3.8) is 0 Å². The van der Waals surface area contributed by atoms with Crippen LogP contribution in [0.3, 0.4) is 0 Å². The topological polar surface area (TPSA) is 49.9 Å². The highest BCUT2D eigenvalue weighted by molar-refractivity contribution is 5.97. The van der Waals surface area contributed by atoms with Crippen LogP contribution in [0.4, 0.5) is 5.69 Å². The number of carbonyl (C=O) groups excluding carboxylic acids is 2. The highest BCUT2D eigenvalue weighted by Gasteiger charge is 2.46. The van der Waals surface area contributed by atoms with Gasteiger partial charge in [0.25, 0.3) is 0 Å². The lowest BCUT2D eigenvalue weighted by Crippen LogP contribution is -2.48. The number of amides is 1. The average Bonchev–Trinajstić information content (AvgIpc) is 3.23. The molecule has 134 valence electrons. The molecule has 0 N–H and O–H groups in total. The number of methoxy groups -OCH3 is 1. The number of esters is 1. The molecular formula is C20H26N2O3. The van der Waals surface area contributed by atoms with Crippen LogP contribution in [0.1, 0.15) is 37.7 Å². The van der Waals surface area contributed by atoms with Crippen molar-refractivity contribution in [1.29, 1.82) is 0 Å². The number of para-hydroxylation sites is 1. The number of ether oxygens (including phenoxy) is 1. The molecule has 1 aliphatic carbocycles. The maximum absolute atomic E-state index is 13.0. The van der Waals surface area contributed by atoms with E-state index in [0.29, 0.717) is 18.5 Å². The van der Waals surface area contributed by atoms with Crippen LogP contribution >= 0.6 is 0 Å². The van der Waals surface area contributed by atoms with Crippen LogP contribution in [-0.2, 0) is 20.7 Å². The summed E-state index contributed by atoms with van der Waals surface area (Å²) in [6.45, 7) is 1.05. The number of anilines is 1. The molecule has 4 rings (SSSR count). The van der Waals surface area contributed by atoms with Crippen LogP contribution in [0.25, 0.3) is 0 Å². The number of hydrogen-bond acceptors (Lipinski definition) is 4. The van der Waals surface area contributed by atoms with Gasteiger partial charge in [-0.25, -0.2) is 0 Å². The van der Waals surface area contributed by atoms with E-state index in [2.05, 4.69) is 11.0 Å². The number of hydrogen-bond donors (Lipinski definition) is 0. The van der Waals surface area contributed by atoms with Gasteiger partial charge in [0.1, 0.15) is 6.04 Å². The zero-order valence-electron chi connectivity index (χ0n) is 14.8. The van der Waals surface area contributed by atoms with Crippen molar-refractivity contribution in [3.05, 3.63) is 29.8 Å². The lowest BCUT2D eigenvalue weighted by atomic mass is 9.85. The molecule has 1 saturated heterocycles. The fourth-order valence-corrected chi connectivity index (χ4v) is 4.99. The van der Waals surface area contributed by atoms with Gasteiger partial charge >= 0.3 is 5.97 Å². The molecule has 0 radical (unpaired) electrons. The Bertz CT molecular complexity index is 675. The predicted molar refractivity (Wildman–Crippen MR) is 95.4 cm³/mol. The van der Waals surface area contributed by atoms with Gasteiger partial charge in [-0.1, -0.05) is 31.0 Å². The fourth-order valence-electron chi connectivity index (χ4n) is 4.99. The molecule has 1 saturated carbocycles. The maximum atomic E-state index is 13.0. The zero-order valence-corrected chi connectivity index (χ0v) is 14.8. The van der Waals surface area contributed by atoms with Crippen molar-refractivity contribution in [3.8, 4) is 0 Å². The van der Waals surface area contributed by atoms with Gasteiger partial charge in [0.2, 0.25) is 5.91 Å². The highest BCUT2D eigenvalue weighted by atomic mass is 16.5. The second-order valence-electron chi connectivity index (χ2n) is 7.48. The van der Waals surface area contributed by atoms with Crippen molar-refractivity contribution in [2.24, 2.45) is 5.92 Å². The number of rotatable bonds is 3. The Balaban J connectivity index is 1.53. The second-order valence-corrected chi connectivity index (χ2v) is 7.48. The van der Waals surface area contributed by atoms with Crippen molar-refractivity contribution < 1.29 is 14.3 Å². The number of likely N-dealkylation sites (tertiary alicyclic amines) is 1. The van der Waals surface area contributed by atoms with E-state index in [4.69, 9.17) is 4.74 Å². The number of fused-ring (bicyclic) bond motifs is 2. The first-order chi connectivity index (χ1) is 12.2. The number of carbonyl (C=O) groups is 2. The van der Waals surface area contributed by atoms with Gasteiger partial charge in [0, 0.05) is 18.3 Å². The molecule has 25 heavy (non-hydrogen) atoms. The third-order valence-corrected chi connectivity index (χ3v) is 6.20. The third-order valence-electron chi connectivity index (χ3n) is 6.20. The Morgan fingerprint density at radius 3 is 2.84 bits per heavy atom. The fraction of sp³-hybridized carbons (Fsp3) is 0.600. The minimum atomic E-state index is -0.264. The zero-order chi connectivity index (χ0) is 17.4. The summed E-state index contributed by atoms with van der Waals surface area (Å²) in [6.07, 6.45) is 6.41. The number of benzene rings is 1. The smallest absolute Gasteiger partial charge is 0.323 e. The van der Waals surface area contributed by atoms with E-state index < -0.39 is 0 Å². The van der Waals surface area contributed by atoms with E-state index in [1.165, 1.54) is 25.5 Å². The second kappa shape index (κ2) is 6.79. The Labute approximate surface area is 148 Å². The molecule has 5 heteroatoms. The summed E-state index contributed by atoms with van der Waals surface area (Å²) >= 11 is 0. The van der Waals surface area contributed by atoms with Crippen LogP contribution in [-0.4, -0.2) is 49.1 Å². The lowest BCUT2D eigenvalue weighted by molar-refractivity contribution is -0.146.